The summed E-state index contributed by atoms with van der Waals surface area (Å²) in [6, 6.07) is 14.1. The summed E-state index contributed by atoms with van der Waals surface area (Å²) in [4.78, 5) is 0. The third-order valence-electron chi connectivity index (χ3n) is 2.60. The van der Waals surface area contributed by atoms with Crippen molar-refractivity contribution in [3.8, 4) is 5.75 Å². The maximum absolute atomic E-state index is 9.54. The number of hydrogen-bond donors (Lipinski definition) is 2. The minimum atomic E-state index is -0.480. The Bertz CT molecular complexity index is 484. The molecule has 0 bridgehead atoms. The van der Waals surface area contributed by atoms with Gasteiger partial charge in [0.2, 0.25) is 0 Å². The van der Waals surface area contributed by atoms with Crippen LogP contribution < -0.4 is 10.1 Å². The summed E-state index contributed by atoms with van der Waals surface area (Å²) in [5.41, 5.74) is 0. The van der Waals surface area contributed by atoms with E-state index in [1.54, 1.807) is 7.05 Å². The number of ether oxygens (including phenoxy) is 1. The molecule has 0 aliphatic rings. The number of aliphatic hydroxyl groups excluding tert-OH is 1. The Morgan fingerprint density at radius 2 is 1.94 bits per heavy atom. The Hall–Kier alpha value is -1.58. The van der Waals surface area contributed by atoms with Crippen LogP contribution in [0, 0.1) is 0 Å². The second kappa shape index (κ2) is 5.66. The lowest BCUT2D eigenvalue weighted by Gasteiger charge is -2.12. The van der Waals surface area contributed by atoms with E-state index in [2.05, 4.69) is 11.4 Å². The summed E-state index contributed by atoms with van der Waals surface area (Å²) in [5.74, 6) is 0.791. The maximum Gasteiger partial charge on any atom is 0.120 e. The van der Waals surface area contributed by atoms with Crippen LogP contribution >= 0.6 is 0 Å². The lowest BCUT2D eigenvalue weighted by molar-refractivity contribution is 0.108. The van der Waals surface area contributed by atoms with Gasteiger partial charge >= 0.3 is 0 Å². The molecular weight excluding hydrogens is 214 g/mol. The highest BCUT2D eigenvalue weighted by molar-refractivity contribution is 5.83. The van der Waals surface area contributed by atoms with Gasteiger partial charge in [0.1, 0.15) is 18.5 Å². The molecule has 0 saturated heterocycles. The Morgan fingerprint density at radius 3 is 2.71 bits per heavy atom. The second-order valence-electron chi connectivity index (χ2n) is 4.03. The molecule has 0 saturated carbocycles. The summed E-state index contributed by atoms with van der Waals surface area (Å²) in [6.45, 7) is 0.840. The number of fused-ring (bicyclic) bond motifs is 1. The molecule has 1 atom stereocenters. The molecule has 3 nitrogen and oxygen atoms in total. The van der Waals surface area contributed by atoms with E-state index < -0.39 is 6.10 Å². The van der Waals surface area contributed by atoms with Gasteiger partial charge in [-0.1, -0.05) is 30.3 Å². The molecule has 0 unspecified atom stereocenters. The Labute approximate surface area is 101 Å². The molecule has 2 aromatic carbocycles. The zero-order valence-electron chi connectivity index (χ0n) is 9.89. The fourth-order valence-corrected chi connectivity index (χ4v) is 1.74. The van der Waals surface area contributed by atoms with E-state index in [0.29, 0.717) is 13.2 Å². The highest BCUT2D eigenvalue weighted by Gasteiger charge is 2.03. The maximum atomic E-state index is 9.54. The standard InChI is InChI=1S/C14H17NO2/c1-15-9-13(16)10-17-14-7-6-11-4-2-3-5-12(11)8-14/h2-8,13,15-16H,9-10H2,1H3/t13-/m1/s1. The fourth-order valence-electron chi connectivity index (χ4n) is 1.74. The van der Waals surface area contributed by atoms with Gasteiger partial charge in [-0.2, -0.15) is 0 Å². The third kappa shape index (κ3) is 3.19. The number of rotatable bonds is 5. The average Bonchev–Trinajstić information content (AvgIpc) is 2.36. The molecule has 90 valence electrons. The Balaban J connectivity index is 2.04. The van der Waals surface area contributed by atoms with Crippen LogP contribution in [0.4, 0.5) is 0 Å². The molecule has 2 rings (SSSR count). The van der Waals surface area contributed by atoms with Crippen LogP contribution in [0.15, 0.2) is 42.5 Å². The number of nitrogens with one attached hydrogen (secondary N) is 1. The first-order valence-electron chi connectivity index (χ1n) is 5.74. The van der Waals surface area contributed by atoms with Crippen molar-refractivity contribution in [3.05, 3.63) is 42.5 Å². The second-order valence-corrected chi connectivity index (χ2v) is 4.03. The highest BCUT2D eigenvalue weighted by atomic mass is 16.5. The monoisotopic (exact) mass is 231 g/mol. The number of aliphatic hydroxyl groups is 1. The minimum absolute atomic E-state index is 0.305. The van der Waals surface area contributed by atoms with Gasteiger partial charge in [-0.05, 0) is 30.0 Å². The molecule has 0 heterocycles. The number of benzene rings is 2. The highest BCUT2D eigenvalue weighted by Crippen LogP contribution is 2.20. The smallest absolute Gasteiger partial charge is 0.120 e. The van der Waals surface area contributed by atoms with Crippen LogP contribution in [0.2, 0.25) is 0 Å². The van der Waals surface area contributed by atoms with Crippen molar-refractivity contribution >= 4 is 10.8 Å². The molecule has 2 N–H and O–H groups in total. The van der Waals surface area contributed by atoms with E-state index >= 15 is 0 Å². The molecule has 0 aliphatic carbocycles. The third-order valence-corrected chi connectivity index (χ3v) is 2.60. The molecule has 0 amide bonds. The molecule has 3 heteroatoms. The van der Waals surface area contributed by atoms with Gasteiger partial charge in [-0.3, -0.25) is 0 Å². The van der Waals surface area contributed by atoms with Gasteiger partial charge in [0, 0.05) is 6.54 Å². The van der Waals surface area contributed by atoms with Crippen LogP contribution in [0.1, 0.15) is 0 Å². The summed E-state index contributed by atoms with van der Waals surface area (Å²) < 4.78 is 5.54. The van der Waals surface area contributed by atoms with Crippen molar-refractivity contribution in [2.45, 2.75) is 6.10 Å². The van der Waals surface area contributed by atoms with Crippen LogP contribution in [0.3, 0.4) is 0 Å². The van der Waals surface area contributed by atoms with Gasteiger partial charge in [-0.25, -0.2) is 0 Å². The predicted octanol–water partition coefficient (Wildman–Crippen LogP) is 1.80. The lowest BCUT2D eigenvalue weighted by atomic mass is 10.1. The van der Waals surface area contributed by atoms with E-state index in [0.717, 1.165) is 11.1 Å². The van der Waals surface area contributed by atoms with Gasteiger partial charge in [-0.15, -0.1) is 0 Å². The number of hydrogen-bond acceptors (Lipinski definition) is 3. The Morgan fingerprint density at radius 1 is 1.18 bits per heavy atom. The van der Waals surface area contributed by atoms with Crippen molar-refractivity contribution in [3.63, 3.8) is 0 Å². The molecule has 0 fully saturated rings. The topological polar surface area (TPSA) is 41.5 Å². The fraction of sp³-hybridized carbons (Fsp3) is 0.286. The zero-order chi connectivity index (χ0) is 12.1. The van der Waals surface area contributed by atoms with Gasteiger partial charge in [0.25, 0.3) is 0 Å². The van der Waals surface area contributed by atoms with Crippen LogP contribution in [-0.2, 0) is 0 Å². The first-order chi connectivity index (χ1) is 8.29. The molecular formula is C14H17NO2. The van der Waals surface area contributed by atoms with Crippen molar-refractivity contribution in [1.29, 1.82) is 0 Å². The van der Waals surface area contributed by atoms with E-state index in [1.807, 2.05) is 36.4 Å². The predicted molar refractivity (Wildman–Crippen MR) is 69.4 cm³/mol. The van der Waals surface area contributed by atoms with E-state index in [1.165, 1.54) is 5.39 Å². The first kappa shape index (κ1) is 11.9. The van der Waals surface area contributed by atoms with Crippen LogP contribution in [0.5, 0.6) is 5.75 Å². The van der Waals surface area contributed by atoms with E-state index in [4.69, 9.17) is 4.74 Å². The SMILES string of the molecule is CNC[C@@H](O)COc1ccc2ccccc2c1. The van der Waals surface area contributed by atoms with Crippen molar-refractivity contribution in [2.24, 2.45) is 0 Å². The summed E-state index contributed by atoms with van der Waals surface area (Å²) >= 11 is 0. The average molecular weight is 231 g/mol. The van der Waals surface area contributed by atoms with Gasteiger partial charge in [0.05, 0.1) is 0 Å². The molecule has 2 aromatic rings. The van der Waals surface area contributed by atoms with E-state index in [-0.39, 0.29) is 0 Å². The summed E-state index contributed by atoms with van der Waals surface area (Å²) in [5, 5.41) is 14.8. The summed E-state index contributed by atoms with van der Waals surface area (Å²) in [7, 11) is 1.80. The zero-order valence-corrected chi connectivity index (χ0v) is 9.89. The van der Waals surface area contributed by atoms with Crippen LogP contribution in [-0.4, -0.2) is 31.4 Å². The molecule has 17 heavy (non-hydrogen) atoms. The van der Waals surface area contributed by atoms with Gasteiger partial charge < -0.3 is 15.2 Å². The number of likely N-dealkylation sites (N-methyl/N-ethyl adjacent to an activating group) is 1. The largest absolute Gasteiger partial charge is 0.491 e. The molecule has 0 radical (unpaired) electrons. The molecule has 0 spiro atoms. The van der Waals surface area contributed by atoms with E-state index in [9.17, 15) is 5.11 Å². The Kier molecular flexibility index (Phi) is 3.96. The van der Waals surface area contributed by atoms with Crippen molar-refractivity contribution in [2.75, 3.05) is 20.2 Å². The minimum Gasteiger partial charge on any atom is -0.491 e. The van der Waals surface area contributed by atoms with Crippen LogP contribution in [0.25, 0.3) is 10.8 Å². The lowest BCUT2D eigenvalue weighted by Crippen LogP contribution is -2.29. The van der Waals surface area contributed by atoms with Crippen molar-refractivity contribution < 1.29 is 9.84 Å². The first-order valence-corrected chi connectivity index (χ1v) is 5.74. The molecule has 0 aliphatic heterocycles. The van der Waals surface area contributed by atoms with Gasteiger partial charge in [0.15, 0.2) is 0 Å². The quantitative estimate of drug-likeness (QED) is 0.824. The molecule has 0 aromatic heterocycles. The normalized spacial score (nSPS) is 12.6. The summed E-state index contributed by atoms with van der Waals surface area (Å²) in [6.07, 6.45) is -0.480. The van der Waals surface area contributed by atoms with Crippen molar-refractivity contribution in [1.82, 2.24) is 5.32 Å².